The van der Waals surface area contributed by atoms with E-state index in [1.165, 1.54) is 5.57 Å². The SMILES string of the molecule is COc1ccc(COCC2=C[C@H]3[C@@H](C2)C[C@]3(CNC(=O)OC(C)(C)C)C(C(=O)O)C(C)(C)C)cc1. The van der Waals surface area contributed by atoms with Crippen molar-refractivity contribution < 1.29 is 28.9 Å². The predicted molar refractivity (Wildman–Crippen MR) is 134 cm³/mol. The van der Waals surface area contributed by atoms with Crippen LogP contribution in [0.2, 0.25) is 0 Å². The molecule has 194 valence electrons. The van der Waals surface area contributed by atoms with E-state index in [0.29, 0.717) is 19.1 Å². The molecule has 0 radical (unpaired) electrons. The van der Waals surface area contributed by atoms with E-state index in [4.69, 9.17) is 14.2 Å². The Balaban J connectivity index is 1.72. The lowest BCUT2D eigenvalue weighted by Gasteiger charge is -2.58. The highest BCUT2D eigenvalue weighted by Crippen LogP contribution is 2.64. The van der Waals surface area contributed by atoms with Gasteiger partial charge in [0, 0.05) is 12.0 Å². The first-order valence-electron chi connectivity index (χ1n) is 12.3. The monoisotopic (exact) mass is 487 g/mol. The molecule has 2 aliphatic rings. The number of carbonyl (C=O) groups is 2. The molecule has 1 aromatic rings. The number of rotatable bonds is 9. The van der Waals surface area contributed by atoms with E-state index in [0.717, 1.165) is 24.2 Å². The maximum absolute atomic E-state index is 12.5. The molecule has 2 aliphatic carbocycles. The Morgan fingerprint density at radius 3 is 2.31 bits per heavy atom. The van der Waals surface area contributed by atoms with Gasteiger partial charge >= 0.3 is 12.1 Å². The Bertz CT molecular complexity index is 940. The minimum Gasteiger partial charge on any atom is -0.497 e. The molecule has 0 spiro atoms. The highest BCUT2D eigenvalue weighted by atomic mass is 16.6. The molecular formula is C28H41NO6. The first-order valence-corrected chi connectivity index (χ1v) is 12.3. The molecule has 0 saturated heterocycles. The van der Waals surface area contributed by atoms with Crippen LogP contribution >= 0.6 is 0 Å². The number of benzene rings is 1. The van der Waals surface area contributed by atoms with Crippen molar-refractivity contribution in [3.05, 3.63) is 41.5 Å². The summed E-state index contributed by atoms with van der Waals surface area (Å²) in [5.74, 6) is -0.162. The Hall–Kier alpha value is -2.54. The van der Waals surface area contributed by atoms with Crippen molar-refractivity contribution in [2.75, 3.05) is 20.3 Å². The zero-order valence-electron chi connectivity index (χ0n) is 22.1. The van der Waals surface area contributed by atoms with Crippen LogP contribution in [-0.2, 0) is 20.9 Å². The normalized spacial score (nSPS) is 24.6. The van der Waals surface area contributed by atoms with Crippen molar-refractivity contribution in [1.29, 1.82) is 0 Å². The Kier molecular flexibility index (Phi) is 7.89. The third-order valence-corrected chi connectivity index (χ3v) is 7.12. The van der Waals surface area contributed by atoms with Gasteiger partial charge in [0.1, 0.15) is 11.4 Å². The van der Waals surface area contributed by atoms with Gasteiger partial charge in [-0.05, 0) is 74.1 Å². The summed E-state index contributed by atoms with van der Waals surface area (Å²) in [5.41, 5.74) is 0.627. The van der Waals surface area contributed by atoms with Crippen molar-refractivity contribution >= 4 is 12.1 Å². The standard InChI is InChI=1S/C28H41NO6/c1-26(2,3)23(24(30)31)28(17-29-25(32)35-27(4,5)6)14-20-12-19(13-22(20)28)16-34-15-18-8-10-21(33-7)11-9-18/h8-11,13,20,22-23H,12,14-17H2,1-7H3,(H,29,32)(H,30,31)/t20-,22-,23?,28+/m0/s1. The molecule has 7 nitrogen and oxygen atoms in total. The number of fused-ring (bicyclic) bond motifs is 1. The van der Waals surface area contributed by atoms with Gasteiger partial charge in [-0.15, -0.1) is 0 Å². The first kappa shape index (κ1) is 27.1. The maximum atomic E-state index is 12.5. The first-order chi connectivity index (χ1) is 16.2. The van der Waals surface area contributed by atoms with Crippen molar-refractivity contribution in [3.63, 3.8) is 0 Å². The molecule has 1 saturated carbocycles. The molecular weight excluding hydrogens is 446 g/mol. The number of ether oxygens (including phenoxy) is 3. The molecule has 0 bridgehead atoms. The van der Waals surface area contributed by atoms with Gasteiger partial charge < -0.3 is 24.6 Å². The van der Waals surface area contributed by atoms with E-state index >= 15 is 0 Å². The van der Waals surface area contributed by atoms with Gasteiger partial charge in [-0.25, -0.2) is 4.79 Å². The second-order valence-corrected chi connectivity index (χ2v) is 12.1. The van der Waals surface area contributed by atoms with Gasteiger partial charge in [-0.2, -0.15) is 0 Å². The lowest BCUT2D eigenvalue weighted by atomic mass is 9.46. The molecule has 0 aliphatic heterocycles. The third-order valence-electron chi connectivity index (χ3n) is 7.12. The van der Waals surface area contributed by atoms with E-state index in [9.17, 15) is 14.7 Å². The summed E-state index contributed by atoms with van der Waals surface area (Å²) in [6.07, 6.45) is 3.35. The van der Waals surface area contributed by atoms with Gasteiger partial charge in [-0.3, -0.25) is 4.79 Å². The van der Waals surface area contributed by atoms with Crippen molar-refractivity contribution in [2.24, 2.45) is 28.6 Å². The van der Waals surface area contributed by atoms with Crippen LogP contribution in [0.5, 0.6) is 5.75 Å². The summed E-state index contributed by atoms with van der Waals surface area (Å²) < 4.78 is 16.6. The molecule has 1 fully saturated rings. The van der Waals surface area contributed by atoms with E-state index in [2.05, 4.69) is 11.4 Å². The topological polar surface area (TPSA) is 94.1 Å². The number of carbonyl (C=O) groups excluding carboxylic acids is 1. The van der Waals surface area contributed by atoms with Crippen molar-refractivity contribution in [3.8, 4) is 5.75 Å². The predicted octanol–water partition coefficient (Wildman–Crippen LogP) is 5.44. The zero-order valence-corrected chi connectivity index (χ0v) is 22.1. The lowest BCUT2D eigenvalue weighted by molar-refractivity contribution is -0.167. The van der Waals surface area contributed by atoms with Gasteiger partial charge in [0.2, 0.25) is 0 Å². The molecule has 1 aromatic carbocycles. The molecule has 3 rings (SSSR count). The third kappa shape index (κ3) is 6.37. The smallest absolute Gasteiger partial charge is 0.407 e. The fourth-order valence-corrected chi connectivity index (χ4v) is 5.98. The lowest BCUT2D eigenvalue weighted by Crippen LogP contribution is -2.61. The van der Waals surface area contributed by atoms with Crippen LogP contribution in [-0.4, -0.2) is 43.0 Å². The molecule has 0 aromatic heterocycles. The van der Waals surface area contributed by atoms with Crippen LogP contribution in [0.4, 0.5) is 4.79 Å². The summed E-state index contributed by atoms with van der Waals surface area (Å²) in [6, 6.07) is 7.80. The minimum atomic E-state index is -0.820. The zero-order chi connectivity index (χ0) is 26.0. The molecule has 4 atom stereocenters. The summed E-state index contributed by atoms with van der Waals surface area (Å²) >= 11 is 0. The van der Waals surface area contributed by atoms with Crippen molar-refractivity contribution in [1.82, 2.24) is 5.32 Å². The number of amides is 1. The highest BCUT2D eigenvalue weighted by molar-refractivity contribution is 5.73. The van der Waals surface area contributed by atoms with Gasteiger partial charge in [-0.1, -0.05) is 39.0 Å². The van der Waals surface area contributed by atoms with Gasteiger partial charge in [0.25, 0.3) is 0 Å². The number of hydrogen-bond donors (Lipinski definition) is 2. The molecule has 1 unspecified atom stereocenters. The van der Waals surface area contributed by atoms with Crippen LogP contribution in [0.3, 0.4) is 0 Å². The van der Waals surface area contributed by atoms with E-state index in [1.807, 2.05) is 65.8 Å². The van der Waals surface area contributed by atoms with E-state index in [-0.39, 0.29) is 12.5 Å². The summed E-state index contributed by atoms with van der Waals surface area (Å²) in [4.78, 5) is 24.9. The second kappa shape index (κ2) is 10.2. The second-order valence-electron chi connectivity index (χ2n) is 12.1. The number of nitrogens with one attached hydrogen (secondary N) is 1. The summed E-state index contributed by atoms with van der Waals surface area (Å²) in [6.45, 7) is 12.6. The number of carboxylic acids is 1. The average Bonchev–Trinajstić information content (AvgIpc) is 3.06. The number of carboxylic acid groups (broad SMARTS) is 1. The fraction of sp³-hybridized carbons (Fsp3) is 0.643. The Labute approximate surface area is 209 Å². The Morgan fingerprint density at radius 2 is 1.77 bits per heavy atom. The molecule has 7 heteroatoms. The number of methoxy groups -OCH3 is 1. The Morgan fingerprint density at radius 1 is 1.11 bits per heavy atom. The molecule has 2 N–H and O–H groups in total. The minimum absolute atomic E-state index is 0.0809. The fourth-order valence-electron chi connectivity index (χ4n) is 5.98. The molecule has 1 amide bonds. The molecule has 0 heterocycles. The highest BCUT2D eigenvalue weighted by Gasteiger charge is 2.63. The molecule has 35 heavy (non-hydrogen) atoms. The van der Waals surface area contributed by atoms with E-state index in [1.54, 1.807) is 7.11 Å². The van der Waals surface area contributed by atoms with Crippen LogP contribution < -0.4 is 10.1 Å². The maximum Gasteiger partial charge on any atom is 0.407 e. The summed E-state index contributed by atoms with van der Waals surface area (Å²) in [7, 11) is 1.64. The average molecular weight is 488 g/mol. The van der Waals surface area contributed by atoms with Crippen molar-refractivity contribution in [2.45, 2.75) is 66.6 Å². The largest absolute Gasteiger partial charge is 0.497 e. The van der Waals surface area contributed by atoms with Crippen LogP contribution in [0.1, 0.15) is 59.9 Å². The number of hydrogen-bond acceptors (Lipinski definition) is 5. The quantitative estimate of drug-likeness (QED) is 0.451. The number of aliphatic carboxylic acids is 1. The van der Waals surface area contributed by atoms with Crippen LogP contribution in [0.25, 0.3) is 0 Å². The van der Waals surface area contributed by atoms with Gasteiger partial charge in [0.15, 0.2) is 0 Å². The van der Waals surface area contributed by atoms with Crippen LogP contribution in [0.15, 0.2) is 35.9 Å². The number of alkyl carbamates (subject to hydrolysis) is 1. The van der Waals surface area contributed by atoms with Crippen LogP contribution in [0, 0.1) is 28.6 Å². The van der Waals surface area contributed by atoms with Gasteiger partial charge in [0.05, 0.1) is 26.2 Å². The van der Waals surface area contributed by atoms with E-state index < -0.39 is 34.4 Å². The summed E-state index contributed by atoms with van der Waals surface area (Å²) in [5, 5.41) is 13.1. The number of allylic oxidation sites excluding steroid dienone is 1.